The van der Waals surface area contributed by atoms with E-state index in [4.69, 9.17) is 0 Å². The van der Waals surface area contributed by atoms with Crippen LogP contribution in [0.1, 0.15) is 54.9 Å². The van der Waals surface area contributed by atoms with Crippen LogP contribution < -0.4 is 0 Å². The molecule has 2 heterocycles. The molecule has 2 fully saturated rings. The van der Waals surface area contributed by atoms with Crippen molar-refractivity contribution in [3.63, 3.8) is 0 Å². The summed E-state index contributed by atoms with van der Waals surface area (Å²) >= 11 is 0. The van der Waals surface area contributed by atoms with E-state index in [9.17, 15) is 4.79 Å². The summed E-state index contributed by atoms with van der Waals surface area (Å²) in [6.07, 6.45) is 6.41. The number of amides is 1. The lowest BCUT2D eigenvalue weighted by Crippen LogP contribution is -2.39. The van der Waals surface area contributed by atoms with E-state index in [1.54, 1.807) is 0 Å². The molecule has 1 aromatic rings. The second-order valence-electron chi connectivity index (χ2n) is 7.03. The molecule has 0 aliphatic carbocycles. The SMILES string of the molecule is C[C@H]1CCCN(C(=O)c2ccc(CN3CCCCC3)cc2)C1. The predicted octanol–water partition coefficient (Wildman–Crippen LogP) is 3.54. The fourth-order valence-electron chi connectivity index (χ4n) is 3.68. The van der Waals surface area contributed by atoms with Crippen molar-refractivity contribution in [2.45, 2.75) is 45.6 Å². The van der Waals surface area contributed by atoms with Crippen molar-refractivity contribution in [1.29, 1.82) is 0 Å². The highest BCUT2D eigenvalue weighted by Crippen LogP contribution is 2.19. The van der Waals surface area contributed by atoms with Gasteiger partial charge in [-0.15, -0.1) is 0 Å². The van der Waals surface area contributed by atoms with Gasteiger partial charge < -0.3 is 4.90 Å². The summed E-state index contributed by atoms with van der Waals surface area (Å²) in [5.74, 6) is 0.840. The molecule has 1 atom stereocenters. The summed E-state index contributed by atoms with van der Waals surface area (Å²) in [7, 11) is 0. The highest BCUT2D eigenvalue weighted by Gasteiger charge is 2.22. The number of carbonyl (C=O) groups excluding carboxylic acids is 1. The molecule has 3 heteroatoms. The first kappa shape index (κ1) is 15.5. The number of hydrogen-bond donors (Lipinski definition) is 0. The van der Waals surface area contributed by atoms with Crippen LogP contribution in [0.15, 0.2) is 24.3 Å². The monoisotopic (exact) mass is 300 g/mol. The standard InChI is InChI=1S/C19H28N2O/c1-16-6-5-13-21(14-16)19(22)18-9-7-17(8-10-18)15-20-11-3-2-4-12-20/h7-10,16H,2-6,11-15H2,1H3/t16-/m0/s1. The Hall–Kier alpha value is -1.35. The zero-order chi connectivity index (χ0) is 15.4. The van der Waals surface area contributed by atoms with Gasteiger partial charge in [0.15, 0.2) is 0 Å². The largest absolute Gasteiger partial charge is 0.338 e. The van der Waals surface area contributed by atoms with Crippen molar-refractivity contribution in [3.05, 3.63) is 35.4 Å². The van der Waals surface area contributed by atoms with Crippen molar-refractivity contribution in [1.82, 2.24) is 9.80 Å². The Balaban J connectivity index is 1.59. The normalized spacial score (nSPS) is 23.5. The molecular formula is C19H28N2O. The van der Waals surface area contributed by atoms with Gasteiger partial charge in [0.2, 0.25) is 0 Å². The summed E-state index contributed by atoms with van der Waals surface area (Å²) < 4.78 is 0. The molecule has 3 nitrogen and oxygen atoms in total. The third-order valence-electron chi connectivity index (χ3n) is 5.00. The van der Waals surface area contributed by atoms with Crippen LogP contribution in [0.25, 0.3) is 0 Å². The van der Waals surface area contributed by atoms with E-state index < -0.39 is 0 Å². The van der Waals surface area contributed by atoms with E-state index in [1.807, 2.05) is 17.0 Å². The van der Waals surface area contributed by atoms with Gasteiger partial charge in [0.1, 0.15) is 0 Å². The van der Waals surface area contributed by atoms with Crippen LogP contribution in [0.3, 0.4) is 0 Å². The van der Waals surface area contributed by atoms with Gasteiger partial charge >= 0.3 is 0 Å². The smallest absolute Gasteiger partial charge is 0.253 e. The molecule has 3 rings (SSSR count). The van der Waals surface area contributed by atoms with Crippen molar-refractivity contribution in [2.24, 2.45) is 5.92 Å². The zero-order valence-electron chi connectivity index (χ0n) is 13.8. The Bertz CT molecular complexity index is 491. The second kappa shape index (κ2) is 7.28. The molecule has 2 aliphatic heterocycles. The van der Waals surface area contributed by atoms with Gasteiger partial charge in [-0.2, -0.15) is 0 Å². The summed E-state index contributed by atoms with van der Waals surface area (Å²) in [5, 5.41) is 0. The number of piperidine rings is 2. The molecule has 120 valence electrons. The van der Waals surface area contributed by atoms with Gasteiger partial charge in [-0.05, 0) is 62.4 Å². The van der Waals surface area contributed by atoms with Crippen LogP contribution in [0.4, 0.5) is 0 Å². The molecule has 0 aromatic heterocycles. The van der Waals surface area contributed by atoms with Crippen LogP contribution in [-0.2, 0) is 6.54 Å². The molecule has 0 unspecified atom stereocenters. The van der Waals surface area contributed by atoms with Gasteiger partial charge in [-0.25, -0.2) is 0 Å². The number of nitrogens with zero attached hydrogens (tertiary/aromatic N) is 2. The number of benzene rings is 1. The van der Waals surface area contributed by atoms with Crippen molar-refractivity contribution >= 4 is 5.91 Å². The molecule has 2 aliphatic rings. The zero-order valence-corrected chi connectivity index (χ0v) is 13.8. The Morgan fingerprint density at radius 1 is 1.05 bits per heavy atom. The minimum Gasteiger partial charge on any atom is -0.338 e. The summed E-state index contributed by atoms with van der Waals surface area (Å²) in [4.78, 5) is 17.1. The minimum absolute atomic E-state index is 0.205. The predicted molar refractivity (Wildman–Crippen MR) is 89.9 cm³/mol. The van der Waals surface area contributed by atoms with E-state index >= 15 is 0 Å². The van der Waals surface area contributed by atoms with Crippen LogP contribution in [0.5, 0.6) is 0 Å². The quantitative estimate of drug-likeness (QED) is 0.852. The van der Waals surface area contributed by atoms with E-state index in [1.165, 1.54) is 44.3 Å². The first-order valence-corrected chi connectivity index (χ1v) is 8.83. The second-order valence-corrected chi connectivity index (χ2v) is 7.03. The molecular weight excluding hydrogens is 272 g/mol. The molecule has 0 bridgehead atoms. The maximum Gasteiger partial charge on any atom is 0.253 e. The first-order chi connectivity index (χ1) is 10.7. The van der Waals surface area contributed by atoms with Gasteiger partial charge in [-0.3, -0.25) is 9.69 Å². The molecule has 2 saturated heterocycles. The summed E-state index contributed by atoms with van der Waals surface area (Å²) in [6, 6.07) is 8.30. The van der Waals surface area contributed by atoms with Crippen LogP contribution >= 0.6 is 0 Å². The number of rotatable bonds is 3. The number of hydrogen-bond acceptors (Lipinski definition) is 2. The fraction of sp³-hybridized carbons (Fsp3) is 0.632. The topological polar surface area (TPSA) is 23.6 Å². The number of carbonyl (C=O) groups is 1. The van der Waals surface area contributed by atoms with Crippen LogP contribution in [-0.4, -0.2) is 41.9 Å². The van der Waals surface area contributed by atoms with Gasteiger partial charge in [0.25, 0.3) is 5.91 Å². The molecule has 0 saturated carbocycles. The van der Waals surface area contributed by atoms with Crippen molar-refractivity contribution in [3.8, 4) is 0 Å². The Labute approximate surface area is 134 Å². The Morgan fingerprint density at radius 3 is 2.45 bits per heavy atom. The molecule has 1 aromatic carbocycles. The van der Waals surface area contributed by atoms with E-state index in [-0.39, 0.29) is 5.91 Å². The average molecular weight is 300 g/mol. The van der Waals surface area contributed by atoms with Gasteiger partial charge in [-0.1, -0.05) is 25.5 Å². The first-order valence-electron chi connectivity index (χ1n) is 8.83. The van der Waals surface area contributed by atoms with E-state index in [0.717, 1.165) is 31.6 Å². The average Bonchev–Trinajstić information content (AvgIpc) is 2.56. The van der Waals surface area contributed by atoms with Gasteiger partial charge in [0.05, 0.1) is 0 Å². The minimum atomic E-state index is 0.205. The summed E-state index contributed by atoms with van der Waals surface area (Å²) in [5.41, 5.74) is 2.17. The molecule has 0 spiro atoms. The lowest BCUT2D eigenvalue weighted by Gasteiger charge is -2.31. The maximum atomic E-state index is 12.6. The Morgan fingerprint density at radius 2 is 1.77 bits per heavy atom. The Kier molecular flexibility index (Phi) is 5.14. The van der Waals surface area contributed by atoms with Crippen LogP contribution in [0, 0.1) is 5.92 Å². The van der Waals surface area contributed by atoms with Crippen molar-refractivity contribution in [2.75, 3.05) is 26.2 Å². The highest BCUT2D eigenvalue weighted by molar-refractivity contribution is 5.94. The van der Waals surface area contributed by atoms with Gasteiger partial charge in [0, 0.05) is 25.2 Å². The number of likely N-dealkylation sites (tertiary alicyclic amines) is 2. The lowest BCUT2D eigenvalue weighted by atomic mass is 9.99. The van der Waals surface area contributed by atoms with Crippen LogP contribution in [0.2, 0.25) is 0 Å². The van der Waals surface area contributed by atoms with E-state index in [2.05, 4.69) is 24.0 Å². The van der Waals surface area contributed by atoms with E-state index in [0.29, 0.717) is 5.92 Å². The fourth-order valence-corrected chi connectivity index (χ4v) is 3.68. The third-order valence-corrected chi connectivity index (χ3v) is 5.00. The lowest BCUT2D eigenvalue weighted by molar-refractivity contribution is 0.0683. The molecule has 1 amide bonds. The third kappa shape index (κ3) is 3.89. The molecule has 0 radical (unpaired) electrons. The molecule has 0 N–H and O–H groups in total. The summed E-state index contributed by atoms with van der Waals surface area (Å²) in [6.45, 7) is 7.52. The highest BCUT2D eigenvalue weighted by atomic mass is 16.2. The maximum absolute atomic E-state index is 12.6. The molecule has 22 heavy (non-hydrogen) atoms. The van der Waals surface area contributed by atoms with Crippen molar-refractivity contribution < 1.29 is 4.79 Å².